The molecule has 0 aliphatic carbocycles. The molecule has 1 atom stereocenters. The van der Waals surface area contributed by atoms with Crippen LogP contribution in [0.25, 0.3) is 11.0 Å². The van der Waals surface area contributed by atoms with Crippen molar-refractivity contribution in [2.24, 2.45) is 0 Å². The van der Waals surface area contributed by atoms with E-state index in [1.807, 2.05) is 28.8 Å². The number of benzene rings is 2. The van der Waals surface area contributed by atoms with Crippen molar-refractivity contribution in [2.75, 3.05) is 37.6 Å². The van der Waals surface area contributed by atoms with Crippen molar-refractivity contribution >= 4 is 34.5 Å². The first-order valence-electron chi connectivity index (χ1n) is 9.83. The lowest BCUT2D eigenvalue weighted by Crippen LogP contribution is -2.32. The molecule has 0 saturated heterocycles. The number of rotatable bonds is 8. The van der Waals surface area contributed by atoms with Crippen molar-refractivity contribution < 1.29 is 19.1 Å². The Bertz CT molecular complexity index is 1080. The maximum Gasteiger partial charge on any atom is 0.253 e. The van der Waals surface area contributed by atoms with Gasteiger partial charge in [0, 0.05) is 32.0 Å². The van der Waals surface area contributed by atoms with Gasteiger partial charge in [-0.3, -0.25) is 19.1 Å². The van der Waals surface area contributed by atoms with Gasteiger partial charge in [0.05, 0.1) is 24.6 Å². The van der Waals surface area contributed by atoms with Crippen LogP contribution in [0.4, 0.5) is 11.6 Å². The Balaban J connectivity index is 1.59. The van der Waals surface area contributed by atoms with Gasteiger partial charge in [0.1, 0.15) is 11.8 Å². The molecule has 2 heterocycles. The first-order chi connectivity index (χ1) is 14.6. The van der Waals surface area contributed by atoms with Crippen LogP contribution in [0.5, 0.6) is 5.75 Å². The Morgan fingerprint density at radius 2 is 2.00 bits per heavy atom. The maximum absolute atomic E-state index is 13.2. The fourth-order valence-corrected chi connectivity index (χ4v) is 3.76. The number of carbonyl (C=O) groups is 2. The Labute approximate surface area is 174 Å². The number of para-hydroxylation sites is 2. The third-order valence-corrected chi connectivity index (χ3v) is 5.14. The maximum atomic E-state index is 13.2. The highest BCUT2D eigenvalue weighted by Crippen LogP contribution is 2.36. The molecule has 1 unspecified atom stereocenters. The molecular formula is C22H24N4O4. The molecule has 0 bridgehead atoms. The van der Waals surface area contributed by atoms with E-state index in [0.29, 0.717) is 37.0 Å². The Morgan fingerprint density at radius 1 is 1.17 bits per heavy atom. The summed E-state index contributed by atoms with van der Waals surface area (Å²) >= 11 is 0. The van der Waals surface area contributed by atoms with Gasteiger partial charge in [0.2, 0.25) is 11.9 Å². The molecule has 4 rings (SSSR count). The number of fused-ring (bicyclic) bond motifs is 3. The van der Waals surface area contributed by atoms with Crippen molar-refractivity contribution in [3.05, 3.63) is 48.5 Å². The topological polar surface area (TPSA) is 85.7 Å². The van der Waals surface area contributed by atoms with Crippen molar-refractivity contribution in [1.82, 2.24) is 9.55 Å². The van der Waals surface area contributed by atoms with Gasteiger partial charge in [0.25, 0.3) is 5.91 Å². The van der Waals surface area contributed by atoms with Crippen LogP contribution >= 0.6 is 0 Å². The molecule has 3 aromatic rings. The third-order valence-electron chi connectivity index (χ3n) is 5.14. The second kappa shape index (κ2) is 8.54. The first-order valence-corrected chi connectivity index (χ1v) is 9.83. The summed E-state index contributed by atoms with van der Waals surface area (Å²) in [4.78, 5) is 32.2. The van der Waals surface area contributed by atoms with Crippen LogP contribution in [0.1, 0.15) is 18.9 Å². The average molecular weight is 408 g/mol. The van der Waals surface area contributed by atoms with Gasteiger partial charge in [-0.1, -0.05) is 18.2 Å². The number of amides is 2. The highest BCUT2D eigenvalue weighted by molar-refractivity contribution is 6.05. The monoisotopic (exact) mass is 408 g/mol. The zero-order chi connectivity index (χ0) is 21.1. The molecule has 156 valence electrons. The quantitative estimate of drug-likeness (QED) is 0.579. The number of anilines is 2. The number of aromatic nitrogens is 2. The van der Waals surface area contributed by atoms with Crippen LogP contribution in [0.2, 0.25) is 0 Å². The predicted molar refractivity (Wildman–Crippen MR) is 114 cm³/mol. The molecule has 1 aliphatic heterocycles. The molecule has 0 saturated carbocycles. The van der Waals surface area contributed by atoms with E-state index in [2.05, 4.69) is 10.3 Å². The second-order valence-electron chi connectivity index (χ2n) is 7.11. The summed E-state index contributed by atoms with van der Waals surface area (Å²) < 4.78 is 12.2. The Kier molecular flexibility index (Phi) is 5.67. The fourth-order valence-electron chi connectivity index (χ4n) is 3.76. The van der Waals surface area contributed by atoms with Gasteiger partial charge < -0.3 is 14.8 Å². The van der Waals surface area contributed by atoms with E-state index >= 15 is 0 Å². The number of hydrogen-bond acceptors (Lipinski definition) is 5. The summed E-state index contributed by atoms with van der Waals surface area (Å²) in [6, 6.07) is 14.1. The molecule has 1 aliphatic rings. The van der Waals surface area contributed by atoms with Gasteiger partial charge in [-0.15, -0.1) is 0 Å². The van der Waals surface area contributed by atoms with Crippen LogP contribution in [-0.2, 0) is 14.3 Å². The molecule has 0 fully saturated rings. The van der Waals surface area contributed by atoms with Gasteiger partial charge in [-0.25, -0.2) is 4.98 Å². The van der Waals surface area contributed by atoms with E-state index in [-0.39, 0.29) is 18.2 Å². The van der Waals surface area contributed by atoms with E-state index < -0.39 is 6.04 Å². The van der Waals surface area contributed by atoms with E-state index in [1.165, 1.54) is 0 Å². The molecule has 0 spiro atoms. The van der Waals surface area contributed by atoms with E-state index in [9.17, 15) is 9.59 Å². The summed E-state index contributed by atoms with van der Waals surface area (Å²) in [5, 5.41) is 2.86. The fraction of sp³-hybridized carbons (Fsp3) is 0.318. The molecule has 8 nitrogen and oxygen atoms in total. The van der Waals surface area contributed by atoms with Crippen LogP contribution in [0.15, 0.2) is 48.5 Å². The van der Waals surface area contributed by atoms with Crippen molar-refractivity contribution in [2.45, 2.75) is 18.9 Å². The van der Waals surface area contributed by atoms with E-state index in [4.69, 9.17) is 9.47 Å². The lowest BCUT2D eigenvalue weighted by atomic mass is 10.1. The summed E-state index contributed by atoms with van der Waals surface area (Å²) in [6.07, 6.45) is 0.707. The molecule has 1 aromatic heterocycles. The standard InChI is InChI=1S/C22H24N4O4/c1-29-12-6-11-25-21(28)19(26-18-10-4-3-9-17(18)24-22(25)26)14-20(27)23-15-7-5-8-16(13-15)30-2/h3-5,7-10,13,19H,6,11-12,14H2,1-2H3,(H,23,27). The van der Waals surface area contributed by atoms with Crippen LogP contribution in [0.3, 0.4) is 0 Å². The second-order valence-corrected chi connectivity index (χ2v) is 7.11. The SMILES string of the molecule is COCCCN1C(=O)C(CC(=O)Nc2cccc(OC)c2)n2c1nc1ccccc12. The molecule has 30 heavy (non-hydrogen) atoms. The van der Waals surface area contributed by atoms with Crippen molar-refractivity contribution in [1.29, 1.82) is 0 Å². The number of hydrogen-bond donors (Lipinski definition) is 1. The zero-order valence-electron chi connectivity index (χ0n) is 17.0. The van der Waals surface area contributed by atoms with Gasteiger partial charge >= 0.3 is 0 Å². The smallest absolute Gasteiger partial charge is 0.253 e. The summed E-state index contributed by atoms with van der Waals surface area (Å²) in [5.74, 6) is 0.859. The number of nitrogens with one attached hydrogen (secondary N) is 1. The van der Waals surface area contributed by atoms with Gasteiger partial charge in [0.15, 0.2) is 0 Å². The van der Waals surface area contributed by atoms with Crippen LogP contribution in [0, 0.1) is 0 Å². The number of methoxy groups -OCH3 is 2. The Hall–Kier alpha value is -3.39. The first kappa shape index (κ1) is 19.9. The zero-order valence-corrected chi connectivity index (χ0v) is 17.0. The molecular weight excluding hydrogens is 384 g/mol. The lowest BCUT2D eigenvalue weighted by Gasteiger charge is -2.15. The van der Waals surface area contributed by atoms with Crippen molar-refractivity contribution in [3.63, 3.8) is 0 Å². The van der Waals surface area contributed by atoms with E-state index in [1.54, 1.807) is 43.4 Å². The third kappa shape index (κ3) is 3.73. The highest BCUT2D eigenvalue weighted by Gasteiger charge is 2.40. The molecule has 8 heteroatoms. The largest absolute Gasteiger partial charge is 0.497 e. The minimum absolute atomic E-state index is 0.0180. The van der Waals surface area contributed by atoms with Gasteiger partial charge in [-0.05, 0) is 30.7 Å². The molecule has 2 amide bonds. The summed E-state index contributed by atoms with van der Waals surface area (Å²) in [7, 11) is 3.20. The van der Waals surface area contributed by atoms with E-state index in [0.717, 1.165) is 11.0 Å². The number of ether oxygens (including phenoxy) is 2. The minimum atomic E-state index is -0.638. The molecule has 1 N–H and O–H groups in total. The summed E-state index contributed by atoms with van der Waals surface area (Å²) in [5.41, 5.74) is 2.27. The van der Waals surface area contributed by atoms with Crippen molar-refractivity contribution in [3.8, 4) is 5.75 Å². The lowest BCUT2D eigenvalue weighted by molar-refractivity contribution is -0.124. The number of carbonyl (C=O) groups excluding carboxylic acids is 2. The van der Waals surface area contributed by atoms with Crippen LogP contribution < -0.4 is 15.0 Å². The van der Waals surface area contributed by atoms with Crippen LogP contribution in [-0.4, -0.2) is 48.7 Å². The summed E-state index contributed by atoms with van der Waals surface area (Å²) in [6.45, 7) is 1.04. The number of nitrogens with zero attached hydrogens (tertiary/aromatic N) is 3. The predicted octanol–water partition coefficient (Wildman–Crippen LogP) is 3.00. The highest BCUT2D eigenvalue weighted by atomic mass is 16.5. The molecule has 2 aromatic carbocycles. The number of imidazole rings is 1. The normalized spacial score (nSPS) is 15.5. The van der Waals surface area contributed by atoms with Gasteiger partial charge in [-0.2, -0.15) is 0 Å². The Morgan fingerprint density at radius 3 is 2.80 bits per heavy atom. The minimum Gasteiger partial charge on any atom is -0.497 e. The average Bonchev–Trinajstić information content (AvgIpc) is 3.24. The molecule has 0 radical (unpaired) electrons.